The molecule has 0 aliphatic heterocycles. The molecular weight excluding hydrogens is 272 g/mol. The topological polar surface area (TPSA) is 49.4 Å². The van der Waals surface area contributed by atoms with E-state index in [1.165, 1.54) is 0 Å². The molecule has 0 unspecified atom stereocenters. The Morgan fingerprint density at radius 3 is 2.85 bits per heavy atom. The fraction of sp³-hybridized carbons (Fsp3) is 0.400. The molecule has 1 aromatic heterocycles. The lowest BCUT2D eigenvalue weighted by atomic mass is 10.1. The van der Waals surface area contributed by atoms with Gasteiger partial charge < -0.3 is 19.8 Å². The molecule has 0 fully saturated rings. The van der Waals surface area contributed by atoms with Crippen LogP contribution in [0.4, 0.5) is 0 Å². The molecule has 0 atom stereocenters. The maximum atomic E-state index is 5.74. The van der Waals surface area contributed by atoms with Gasteiger partial charge in [0, 0.05) is 49.5 Å². The molecule has 0 aliphatic rings. The van der Waals surface area contributed by atoms with Crippen LogP contribution in [0.5, 0.6) is 0 Å². The average Bonchev–Trinajstić information content (AvgIpc) is 2.85. The van der Waals surface area contributed by atoms with Gasteiger partial charge in [-0.2, -0.15) is 0 Å². The van der Waals surface area contributed by atoms with Crippen LogP contribution in [0.3, 0.4) is 0 Å². The van der Waals surface area contributed by atoms with Crippen LogP contribution in [0.1, 0.15) is 12.0 Å². The summed E-state index contributed by atoms with van der Waals surface area (Å²) in [5.74, 6) is 0. The summed E-state index contributed by atoms with van der Waals surface area (Å²) in [7, 11) is 1.70. The second-order valence-corrected chi connectivity index (χ2v) is 5.01. The Morgan fingerprint density at radius 1 is 1.25 bits per heavy atom. The molecule has 2 N–H and O–H groups in total. The van der Waals surface area contributed by atoms with E-state index >= 15 is 0 Å². The van der Waals surface area contributed by atoms with Crippen LogP contribution in [-0.4, -0.2) is 36.5 Å². The van der Waals surface area contributed by atoms with Gasteiger partial charge in [0.2, 0.25) is 0 Å². The van der Waals surface area contributed by atoms with Gasteiger partial charge in [-0.3, -0.25) is 0 Å². The largest absolute Gasteiger partial charge is 0.389 e. The van der Waals surface area contributed by atoms with E-state index in [1.807, 2.05) is 18.3 Å². The molecule has 1 heterocycles. The number of hydrogen-bond acceptors (Lipinski definition) is 3. The van der Waals surface area contributed by atoms with Gasteiger partial charge in [0.25, 0.3) is 0 Å². The molecule has 0 radical (unpaired) electrons. The first-order chi connectivity index (χ1) is 9.74. The second kappa shape index (κ2) is 7.38. The summed E-state index contributed by atoms with van der Waals surface area (Å²) >= 11 is 5.08. The second-order valence-electron chi connectivity index (χ2n) is 4.57. The van der Waals surface area contributed by atoms with E-state index in [1.54, 1.807) is 7.11 Å². The lowest BCUT2D eigenvalue weighted by molar-refractivity contribution is 0.0982. The normalized spacial score (nSPS) is 11.1. The first kappa shape index (κ1) is 15.0. The van der Waals surface area contributed by atoms with Crippen LogP contribution in [0.25, 0.3) is 10.9 Å². The highest BCUT2D eigenvalue weighted by molar-refractivity contribution is 7.80. The Kier molecular flexibility index (Phi) is 5.52. The van der Waals surface area contributed by atoms with Crippen molar-refractivity contribution in [1.82, 2.24) is 4.57 Å². The first-order valence-electron chi connectivity index (χ1n) is 6.68. The van der Waals surface area contributed by atoms with E-state index in [2.05, 4.69) is 16.7 Å². The minimum atomic E-state index is 0.434. The summed E-state index contributed by atoms with van der Waals surface area (Å²) < 4.78 is 12.7. The van der Waals surface area contributed by atoms with E-state index in [0.717, 1.165) is 42.6 Å². The molecule has 0 amide bonds. The van der Waals surface area contributed by atoms with Crippen molar-refractivity contribution in [3.05, 3.63) is 36.0 Å². The van der Waals surface area contributed by atoms with E-state index in [0.29, 0.717) is 11.6 Å². The van der Waals surface area contributed by atoms with Gasteiger partial charge in [0.15, 0.2) is 0 Å². The van der Waals surface area contributed by atoms with Crippen molar-refractivity contribution in [2.75, 3.05) is 26.9 Å². The monoisotopic (exact) mass is 292 g/mol. The van der Waals surface area contributed by atoms with Crippen LogP contribution < -0.4 is 5.73 Å². The Morgan fingerprint density at radius 2 is 2.10 bits per heavy atom. The van der Waals surface area contributed by atoms with E-state index in [-0.39, 0.29) is 0 Å². The van der Waals surface area contributed by atoms with Crippen molar-refractivity contribution in [2.24, 2.45) is 5.73 Å². The molecule has 0 saturated heterocycles. The minimum Gasteiger partial charge on any atom is -0.389 e. The Bertz CT molecular complexity index is 580. The maximum absolute atomic E-state index is 5.74. The highest BCUT2D eigenvalue weighted by Crippen LogP contribution is 2.20. The first-order valence-corrected chi connectivity index (χ1v) is 7.09. The third kappa shape index (κ3) is 3.56. The summed E-state index contributed by atoms with van der Waals surface area (Å²) in [4.78, 5) is 0.434. The third-order valence-electron chi connectivity index (χ3n) is 3.19. The van der Waals surface area contributed by atoms with Crippen molar-refractivity contribution in [3.63, 3.8) is 0 Å². The molecule has 4 nitrogen and oxygen atoms in total. The van der Waals surface area contributed by atoms with Crippen LogP contribution in [0.15, 0.2) is 30.5 Å². The van der Waals surface area contributed by atoms with Crippen LogP contribution in [0, 0.1) is 0 Å². The summed E-state index contributed by atoms with van der Waals surface area (Å²) in [6.45, 7) is 2.97. The van der Waals surface area contributed by atoms with Crippen molar-refractivity contribution in [3.8, 4) is 0 Å². The zero-order valence-corrected chi connectivity index (χ0v) is 12.5. The number of nitrogens with zero attached hydrogens (tertiary/aromatic N) is 1. The van der Waals surface area contributed by atoms with Gasteiger partial charge in [0.05, 0.1) is 6.61 Å². The van der Waals surface area contributed by atoms with Gasteiger partial charge in [-0.15, -0.1) is 0 Å². The lowest BCUT2D eigenvalue weighted by Gasteiger charge is -2.08. The van der Waals surface area contributed by atoms with Crippen molar-refractivity contribution < 1.29 is 9.47 Å². The molecule has 0 aliphatic carbocycles. The summed E-state index contributed by atoms with van der Waals surface area (Å²) in [5.41, 5.74) is 7.81. The molecule has 0 bridgehead atoms. The van der Waals surface area contributed by atoms with Crippen LogP contribution in [0.2, 0.25) is 0 Å². The number of rotatable bonds is 8. The lowest BCUT2D eigenvalue weighted by Crippen LogP contribution is -2.10. The van der Waals surface area contributed by atoms with Crippen LogP contribution in [-0.2, 0) is 16.0 Å². The highest BCUT2D eigenvalue weighted by Gasteiger charge is 2.06. The number of aromatic nitrogens is 1. The third-order valence-corrected chi connectivity index (χ3v) is 3.41. The van der Waals surface area contributed by atoms with Crippen LogP contribution >= 0.6 is 12.2 Å². The van der Waals surface area contributed by atoms with Gasteiger partial charge in [-0.1, -0.05) is 24.4 Å². The Hall–Kier alpha value is -1.43. The fourth-order valence-electron chi connectivity index (χ4n) is 2.20. The zero-order chi connectivity index (χ0) is 14.4. The maximum Gasteiger partial charge on any atom is 0.104 e. The number of nitrogens with two attached hydrogens (primary N) is 1. The predicted molar refractivity (Wildman–Crippen MR) is 85.1 cm³/mol. The van der Waals surface area contributed by atoms with Gasteiger partial charge in [0.1, 0.15) is 4.99 Å². The number of ether oxygens (including phenoxy) is 2. The standard InChI is InChI=1S/C15H20N2O2S/c1-18-9-3-10-19-11-8-17-7-6-12-13(15(16)20)4-2-5-14(12)17/h2,4-7H,3,8-11H2,1H3,(H2,16,20). The molecule has 20 heavy (non-hydrogen) atoms. The van der Waals surface area contributed by atoms with Crippen molar-refractivity contribution in [1.29, 1.82) is 0 Å². The molecule has 0 saturated carbocycles. The molecular formula is C15H20N2O2S. The molecule has 1 aromatic carbocycles. The summed E-state index contributed by atoms with van der Waals surface area (Å²) in [6, 6.07) is 8.06. The smallest absolute Gasteiger partial charge is 0.104 e. The molecule has 0 spiro atoms. The molecule has 2 aromatic rings. The number of thiocarbonyl (C=S) groups is 1. The number of fused-ring (bicyclic) bond motifs is 1. The molecule has 5 heteroatoms. The average molecular weight is 292 g/mol. The zero-order valence-electron chi connectivity index (χ0n) is 11.7. The Labute approximate surface area is 124 Å². The fourth-order valence-corrected chi connectivity index (χ4v) is 2.38. The number of hydrogen-bond donors (Lipinski definition) is 1. The number of benzene rings is 1. The summed E-state index contributed by atoms with van der Waals surface area (Å²) in [6.07, 6.45) is 2.97. The van der Waals surface area contributed by atoms with Crippen molar-refractivity contribution >= 4 is 28.1 Å². The summed E-state index contributed by atoms with van der Waals surface area (Å²) in [5, 5.41) is 1.10. The van der Waals surface area contributed by atoms with E-state index < -0.39 is 0 Å². The van der Waals surface area contributed by atoms with Gasteiger partial charge in [-0.05, 0) is 18.6 Å². The SMILES string of the molecule is COCCCOCCn1ccc2c(C(N)=S)cccc21. The predicted octanol–water partition coefficient (Wildman–Crippen LogP) is 2.33. The highest BCUT2D eigenvalue weighted by atomic mass is 32.1. The van der Waals surface area contributed by atoms with E-state index in [4.69, 9.17) is 27.4 Å². The molecule has 108 valence electrons. The van der Waals surface area contributed by atoms with Crippen molar-refractivity contribution in [2.45, 2.75) is 13.0 Å². The van der Waals surface area contributed by atoms with Gasteiger partial charge >= 0.3 is 0 Å². The number of methoxy groups -OCH3 is 1. The Balaban J connectivity index is 1.98. The van der Waals surface area contributed by atoms with E-state index in [9.17, 15) is 0 Å². The minimum absolute atomic E-state index is 0.434. The molecule has 2 rings (SSSR count). The quantitative estimate of drug-likeness (QED) is 0.599. The van der Waals surface area contributed by atoms with Gasteiger partial charge in [-0.25, -0.2) is 0 Å².